The van der Waals surface area contributed by atoms with Crippen molar-refractivity contribution < 1.29 is 0 Å². The third-order valence-corrected chi connectivity index (χ3v) is 5.11. The lowest BCUT2D eigenvalue weighted by Gasteiger charge is -2.26. The third kappa shape index (κ3) is 6.80. The highest BCUT2D eigenvalue weighted by molar-refractivity contribution is 6.29. The molecule has 1 aliphatic heterocycles. The Morgan fingerprint density at radius 3 is 2.39 bits per heavy atom. The van der Waals surface area contributed by atoms with Crippen LogP contribution in [0.1, 0.15) is 42.9 Å². The van der Waals surface area contributed by atoms with Gasteiger partial charge in [-0.25, -0.2) is 9.98 Å². The molecule has 1 fully saturated rings. The van der Waals surface area contributed by atoms with E-state index in [9.17, 15) is 0 Å². The first-order valence-electron chi connectivity index (χ1n) is 10.2. The highest BCUT2D eigenvalue weighted by atomic mass is 35.5. The fourth-order valence-corrected chi connectivity index (χ4v) is 3.45. The molecule has 1 aliphatic rings. The number of guanidine groups is 1. The van der Waals surface area contributed by atoms with Gasteiger partial charge in [0, 0.05) is 25.8 Å². The molecule has 28 heavy (non-hydrogen) atoms. The number of nitrogens with one attached hydrogen (secondary N) is 2. The number of aliphatic imine (C=N–C) groups is 1. The molecule has 0 bridgehead atoms. The maximum absolute atomic E-state index is 5.83. The molecule has 0 saturated carbocycles. The van der Waals surface area contributed by atoms with Crippen LogP contribution in [0.2, 0.25) is 5.15 Å². The van der Waals surface area contributed by atoms with Crippen molar-refractivity contribution in [2.24, 2.45) is 4.99 Å². The molecule has 0 aliphatic carbocycles. The van der Waals surface area contributed by atoms with Crippen LogP contribution >= 0.6 is 11.6 Å². The van der Waals surface area contributed by atoms with Gasteiger partial charge in [0.25, 0.3) is 0 Å². The predicted octanol–water partition coefficient (Wildman–Crippen LogP) is 3.98. The zero-order chi connectivity index (χ0) is 19.6. The van der Waals surface area contributed by atoms with Crippen LogP contribution in [-0.4, -0.2) is 35.5 Å². The summed E-state index contributed by atoms with van der Waals surface area (Å²) in [6.45, 7) is 7.72. The Morgan fingerprint density at radius 1 is 1.00 bits per heavy atom. The number of nitrogens with zero attached hydrogens (tertiary/aromatic N) is 3. The van der Waals surface area contributed by atoms with Crippen LogP contribution in [0.15, 0.2) is 47.6 Å². The normalized spacial score (nSPS) is 15.4. The number of hydrogen-bond donors (Lipinski definition) is 2. The lowest BCUT2D eigenvalue weighted by Crippen LogP contribution is -2.36. The molecule has 0 radical (unpaired) electrons. The van der Waals surface area contributed by atoms with Gasteiger partial charge in [-0.05, 0) is 55.6 Å². The lowest BCUT2D eigenvalue weighted by atomic mass is 10.1. The van der Waals surface area contributed by atoms with Gasteiger partial charge in [0.05, 0.1) is 6.54 Å². The molecule has 5 nitrogen and oxygen atoms in total. The van der Waals surface area contributed by atoms with Crippen molar-refractivity contribution in [3.05, 3.63) is 64.4 Å². The van der Waals surface area contributed by atoms with Crippen LogP contribution < -0.4 is 10.6 Å². The summed E-state index contributed by atoms with van der Waals surface area (Å²) in [5.74, 6) is 0.801. The standard InChI is InChI=1S/C22H30ClN5/c1-2-24-22(27-16-20-10-11-21(23)25-15-20)26-14-18-6-8-19(9-7-18)17-28-12-4-3-5-13-28/h6-11,15H,2-5,12-14,16-17H2,1H3,(H2,24,26,27). The molecule has 3 rings (SSSR count). The number of piperidine rings is 1. The fourth-order valence-electron chi connectivity index (χ4n) is 3.34. The average Bonchev–Trinajstić information content (AvgIpc) is 2.73. The Labute approximate surface area is 173 Å². The Morgan fingerprint density at radius 2 is 1.71 bits per heavy atom. The van der Waals surface area contributed by atoms with E-state index < -0.39 is 0 Å². The summed E-state index contributed by atoms with van der Waals surface area (Å²) in [4.78, 5) is 11.3. The van der Waals surface area contributed by atoms with Crippen molar-refractivity contribution >= 4 is 17.6 Å². The highest BCUT2D eigenvalue weighted by Gasteiger charge is 2.10. The number of hydrogen-bond acceptors (Lipinski definition) is 3. The number of pyridine rings is 1. The van der Waals surface area contributed by atoms with Crippen molar-refractivity contribution in [3.8, 4) is 0 Å². The predicted molar refractivity (Wildman–Crippen MR) is 116 cm³/mol. The number of rotatable bonds is 7. The van der Waals surface area contributed by atoms with Crippen molar-refractivity contribution in [2.45, 2.75) is 45.8 Å². The van der Waals surface area contributed by atoms with Crippen LogP contribution in [0.5, 0.6) is 0 Å². The van der Waals surface area contributed by atoms with Gasteiger partial charge in [-0.3, -0.25) is 4.90 Å². The van der Waals surface area contributed by atoms with E-state index in [0.29, 0.717) is 11.7 Å². The smallest absolute Gasteiger partial charge is 0.191 e. The maximum atomic E-state index is 5.83. The summed E-state index contributed by atoms with van der Waals surface area (Å²) in [6.07, 6.45) is 5.81. The molecular weight excluding hydrogens is 370 g/mol. The highest BCUT2D eigenvalue weighted by Crippen LogP contribution is 2.13. The van der Waals surface area contributed by atoms with Gasteiger partial charge in [-0.1, -0.05) is 48.4 Å². The van der Waals surface area contributed by atoms with E-state index in [0.717, 1.165) is 31.2 Å². The maximum Gasteiger partial charge on any atom is 0.191 e. The molecule has 1 aromatic carbocycles. The molecule has 2 aromatic rings. The molecule has 1 saturated heterocycles. The fraction of sp³-hybridized carbons (Fsp3) is 0.455. The van der Waals surface area contributed by atoms with Gasteiger partial charge in [0.15, 0.2) is 5.96 Å². The molecule has 6 heteroatoms. The SMILES string of the molecule is CCNC(=NCc1ccc(Cl)nc1)NCc1ccc(CN2CCCCC2)cc1. The van der Waals surface area contributed by atoms with Crippen molar-refractivity contribution in [3.63, 3.8) is 0 Å². The van der Waals surface area contributed by atoms with E-state index in [2.05, 4.69) is 56.7 Å². The van der Waals surface area contributed by atoms with Gasteiger partial charge in [-0.2, -0.15) is 0 Å². The van der Waals surface area contributed by atoms with Gasteiger partial charge in [0.1, 0.15) is 5.15 Å². The summed E-state index contributed by atoms with van der Waals surface area (Å²) >= 11 is 5.83. The topological polar surface area (TPSA) is 52.6 Å². The van der Waals surface area contributed by atoms with Gasteiger partial charge in [-0.15, -0.1) is 0 Å². The summed E-state index contributed by atoms with van der Waals surface area (Å²) in [6, 6.07) is 12.6. The number of benzene rings is 1. The summed E-state index contributed by atoms with van der Waals surface area (Å²) < 4.78 is 0. The number of halogens is 1. The first-order chi connectivity index (χ1) is 13.7. The van der Waals surface area contributed by atoms with Gasteiger partial charge >= 0.3 is 0 Å². The zero-order valence-corrected chi connectivity index (χ0v) is 17.4. The van der Waals surface area contributed by atoms with E-state index in [4.69, 9.17) is 11.6 Å². The summed E-state index contributed by atoms with van der Waals surface area (Å²) in [7, 11) is 0. The monoisotopic (exact) mass is 399 g/mol. The minimum atomic E-state index is 0.501. The second-order valence-corrected chi connectivity index (χ2v) is 7.58. The number of likely N-dealkylation sites (tertiary alicyclic amines) is 1. The van der Waals surface area contributed by atoms with Crippen LogP contribution in [0.3, 0.4) is 0 Å². The van der Waals surface area contributed by atoms with Crippen molar-refractivity contribution in [1.82, 2.24) is 20.5 Å². The quantitative estimate of drug-likeness (QED) is 0.420. The third-order valence-electron chi connectivity index (χ3n) is 4.89. The first kappa shape index (κ1) is 20.6. The first-order valence-corrected chi connectivity index (χ1v) is 10.5. The molecule has 0 atom stereocenters. The summed E-state index contributed by atoms with van der Waals surface area (Å²) in [5, 5.41) is 7.19. The lowest BCUT2D eigenvalue weighted by molar-refractivity contribution is 0.221. The van der Waals surface area contributed by atoms with Gasteiger partial charge < -0.3 is 10.6 Å². The Hall–Kier alpha value is -2.11. The number of aromatic nitrogens is 1. The Balaban J connectivity index is 1.51. The van der Waals surface area contributed by atoms with Crippen LogP contribution in [-0.2, 0) is 19.6 Å². The largest absolute Gasteiger partial charge is 0.357 e. The van der Waals surface area contributed by atoms with E-state index >= 15 is 0 Å². The van der Waals surface area contributed by atoms with E-state index in [1.54, 1.807) is 12.3 Å². The molecule has 150 valence electrons. The van der Waals surface area contributed by atoms with E-state index in [-0.39, 0.29) is 0 Å². The molecule has 1 aromatic heterocycles. The van der Waals surface area contributed by atoms with Crippen molar-refractivity contribution in [2.75, 3.05) is 19.6 Å². The minimum absolute atomic E-state index is 0.501. The molecule has 0 spiro atoms. The summed E-state index contributed by atoms with van der Waals surface area (Å²) in [5.41, 5.74) is 3.67. The molecule has 2 heterocycles. The Bertz CT molecular complexity index is 737. The molecule has 0 unspecified atom stereocenters. The molecule has 2 N–H and O–H groups in total. The van der Waals surface area contributed by atoms with Crippen LogP contribution in [0.25, 0.3) is 0 Å². The minimum Gasteiger partial charge on any atom is -0.357 e. The van der Waals surface area contributed by atoms with Crippen LogP contribution in [0.4, 0.5) is 0 Å². The molecular formula is C22H30ClN5. The molecule has 0 amide bonds. The second-order valence-electron chi connectivity index (χ2n) is 7.19. The van der Waals surface area contributed by atoms with Crippen LogP contribution in [0, 0.1) is 0 Å². The second kappa shape index (κ2) is 11.0. The van der Waals surface area contributed by atoms with Gasteiger partial charge in [0.2, 0.25) is 0 Å². The Kier molecular flexibility index (Phi) is 8.12. The van der Waals surface area contributed by atoms with E-state index in [1.807, 2.05) is 6.07 Å². The average molecular weight is 400 g/mol. The van der Waals surface area contributed by atoms with E-state index in [1.165, 1.54) is 43.5 Å². The zero-order valence-electron chi connectivity index (χ0n) is 16.6. The van der Waals surface area contributed by atoms with Crippen molar-refractivity contribution in [1.29, 1.82) is 0 Å².